The predicted octanol–water partition coefficient (Wildman–Crippen LogP) is 2.73. The fourth-order valence-electron chi connectivity index (χ4n) is 2.34. The standard InChI is InChI=1S/C16H17N3O.2ClH/c20-16(19-11-12-5-8-17-9-6-12)14-3-4-15-13(10-14)2-1-7-18-15;;/h1-5,7,10,17H,6,8-9,11H2,(H,19,20);2*1H. The Balaban J connectivity index is 0.00000121. The Kier molecular flexibility index (Phi) is 7.32. The lowest BCUT2D eigenvalue weighted by atomic mass is 10.1. The molecule has 0 saturated heterocycles. The van der Waals surface area contributed by atoms with Gasteiger partial charge in [-0.2, -0.15) is 0 Å². The number of halogens is 2. The Morgan fingerprint density at radius 3 is 2.91 bits per heavy atom. The van der Waals surface area contributed by atoms with Crippen molar-refractivity contribution in [3.8, 4) is 0 Å². The number of hydrogen-bond donors (Lipinski definition) is 2. The van der Waals surface area contributed by atoms with Crippen LogP contribution in [0.2, 0.25) is 0 Å². The van der Waals surface area contributed by atoms with Crippen molar-refractivity contribution in [3.63, 3.8) is 0 Å². The first-order valence-electron chi connectivity index (χ1n) is 6.84. The predicted molar refractivity (Wildman–Crippen MR) is 94.1 cm³/mol. The van der Waals surface area contributed by atoms with E-state index in [4.69, 9.17) is 0 Å². The Morgan fingerprint density at radius 1 is 1.27 bits per heavy atom. The first kappa shape index (κ1) is 18.4. The van der Waals surface area contributed by atoms with E-state index in [2.05, 4.69) is 21.7 Å². The molecule has 0 aliphatic carbocycles. The number of hydrogen-bond acceptors (Lipinski definition) is 3. The average molecular weight is 340 g/mol. The maximum Gasteiger partial charge on any atom is 0.251 e. The summed E-state index contributed by atoms with van der Waals surface area (Å²) >= 11 is 0. The summed E-state index contributed by atoms with van der Waals surface area (Å²) in [6, 6.07) is 9.43. The molecule has 3 rings (SSSR count). The van der Waals surface area contributed by atoms with Gasteiger partial charge in [0, 0.05) is 30.2 Å². The minimum absolute atomic E-state index is 0. The van der Waals surface area contributed by atoms with Crippen LogP contribution in [0.15, 0.2) is 48.2 Å². The summed E-state index contributed by atoms with van der Waals surface area (Å²) in [5, 5.41) is 7.22. The van der Waals surface area contributed by atoms with Crippen molar-refractivity contribution in [2.45, 2.75) is 6.42 Å². The monoisotopic (exact) mass is 339 g/mol. The number of rotatable bonds is 3. The lowest BCUT2D eigenvalue weighted by Crippen LogP contribution is -2.29. The van der Waals surface area contributed by atoms with Crippen LogP contribution in [0.25, 0.3) is 10.9 Å². The maximum atomic E-state index is 12.2. The van der Waals surface area contributed by atoms with Crippen LogP contribution in [-0.2, 0) is 0 Å². The van der Waals surface area contributed by atoms with Gasteiger partial charge in [-0.3, -0.25) is 9.78 Å². The molecule has 0 spiro atoms. The fraction of sp³-hybridized carbons (Fsp3) is 0.250. The Bertz CT molecular complexity index is 673. The average Bonchev–Trinajstić information content (AvgIpc) is 2.53. The minimum atomic E-state index is -0.0322. The SMILES string of the molecule is Cl.Cl.O=C(NCC1=CCNCC1)c1ccc2ncccc2c1. The van der Waals surface area contributed by atoms with E-state index >= 15 is 0 Å². The third kappa shape index (κ3) is 4.44. The van der Waals surface area contributed by atoms with Gasteiger partial charge in [0.05, 0.1) is 5.52 Å². The smallest absolute Gasteiger partial charge is 0.251 e. The summed E-state index contributed by atoms with van der Waals surface area (Å²) in [6.07, 6.45) is 4.90. The second-order valence-corrected chi connectivity index (χ2v) is 4.91. The van der Waals surface area contributed by atoms with Gasteiger partial charge in [0.15, 0.2) is 0 Å². The van der Waals surface area contributed by atoms with Crippen LogP contribution in [0.1, 0.15) is 16.8 Å². The lowest BCUT2D eigenvalue weighted by Gasteiger charge is -2.14. The van der Waals surface area contributed by atoms with Gasteiger partial charge < -0.3 is 10.6 Å². The van der Waals surface area contributed by atoms with Gasteiger partial charge in [-0.25, -0.2) is 0 Å². The molecule has 0 radical (unpaired) electrons. The van der Waals surface area contributed by atoms with Crippen molar-refractivity contribution in [3.05, 3.63) is 53.7 Å². The van der Waals surface area contributed by atoms with Gasteiger partial charge in [0.2, 0.25) is 0 Å². The molecule has 1 aliphatic rings. The van der Waals surface area contributed by atoms with Crippen molar-refractivity contribution in [2.75, 3.05) is 19.6 Å². The second kappa shape index (κ2) is 8.73. The second-order valence-electron chi connectivity index (χ2n) is 4.91. The number of aromatic nitrogens is 1. The molecule has 0 unspecified atom stereocenters. The highest BCUT2D eigenvalue weighted by atomic mass is 35.5. The summed E-state index contributed by atoms with van der Waals surface area (Å²) in [4.78, 5) is 16.4. The molecular formula is C16H19Cl2N3O. The van der Waals surface area contributed by atoms with E-state index in [0.29, 0.717) is 12.1 Å². The minimum Gasteiger partial charge on any atom is -0.348 e. The first-order chi connectivity index (χ1) is 9.83. The number of carbonyl (C=O) groups is 1. The molecule has 1 aromatic heterocycles. The summed E-state index contributed by atoms with van der Waals surface area (Å²) < 4.78 is 0. The van der Waals surface area contributed by atoms with E-state index in [1.54, 1.807) is 6.20 Å². The lowest BCUT2D eigenvalue weighted by molar-refractivity contribution is 0.0957. The number of amides is 1. The van der Waals surface area contributed by atoms with Crippen LogP contribution < -0.4 is 10.6 Å². The van der Waals surface area contributed by atoms with Crippen LogP contribution >= 0.6 is 24.8 Å². The number of nitrogens with one attached hydrogen (secondary N) is 2. The number of nitrogens with zero attached hydrogens (tertiary/aromatic N) is 1. The molecule has 22 heavy (non-hydrogen) atoms. The zero-order valence-corrected chi connectivity index (χ0v) is 13.7. The topological polar surface area (TPSA) is 54.0 Å². The Hall–Kier alpha value is -1.62. The van der Waals surface area contributed by atoms with Crippen molar-refractivity contribution < 1.29 is 4.79 Å². The molecule has 118 valence electrons. The van der Waals surface area contributed by atoms with Gasteiger partial charge in [0.25, 0.3) is 5.91 Å². The van der Waals surface area contributed by atoms with Crippen molar-refractivity contribution >= 4 is 41.6 Å². The van der Waals surface area contributed by atoms with E-state index in [9.17, 15) is 4.79 Å². The third-order valence-electron chi connectivity index (χ3n) is 3.50. The first-order valence-corrected chi connectivity index (χ1v) is 6.84. The van der Waals surface area contributed by atoms with Crippen molar-refractivity contribution in [1.82, 2.24) is 15.6 Å². The summed E-state index contributed by atoms with van der Waals surface area (Å²) in [7, 11) is 0. The highest BCUT2D eigenvalue weighted by molar-refractivity contribution is 5.98. The molecule has 6 heteroatoms. The molecule has 1 aliphatic heterocycles. The van der Waals surface area contributed by atoms with E-state index in [1.807, 2.05) is 30.3 Å². The molecule has 4 nitrogen and oxygen atoms in total. The third-order valence-corrected chi connectivity index (χ3v) is 3.50. The van der Waals surface area contributed by atoms with Crippen LogP contribution in [0, 0.1) is 0 Å². The molecule has 0 bridgehead atoms. The van der Waals surface area contributed by atoms with E-state index < -0.39 is 0 Å². The van der Waals surface area contributed by atoms with Gasteiger partial charge >= 0.3 is 0 Å². The highest BCUT2D eigenvalue weighted by Gasteiger charge is 2.08. The molecular weight excluding hydrogens is 321 g/mol. The number of fused-ring (bicyclic) bond motifs is 1. The van der Waals surface area contributed by atoms with E-state index in [1.165, 1.54) is 5.57 Å². The molecule has 2 N–H and O–H groups in total. The van der Waals surface area contributed by atoms with Crippen molar-refractivity contribution in [2.24, 2.45) is 0 Å². The van der Waals surface area contributed by atoms with Crippen LogP contribution in [0.3, 0.4) is 0 Å². The summed E-state index contributed by atoms with van der Waals surface area (Å²) in [5.41, 5.74) is 2.88. The van der Waals surface area contributed by atoms with Crippen LogP contribution in [-0.4, -0.2) is 30.5 Å². The molecule has 0 atom stereocenters. The Morgan fingerprint density at radius 2 is 2.14 bits per heavy atom. The molecule has 0 fully saturated rings. The van der Waals surface area contributed by atoms with Gasteiger partial charge in [-0.05, 0) is 37.2 Å². The summed E-state index contributed by atoms with van der Waals surface area (Å²) in [6.45, 7) is 2.52. The number of carbonyl (C=O) groups excluding carboxylic acids is 1. The van der Waals surface area contributed by atoms with Gasteiger partial charge in [-0.15, -0.1) is 24.8 Å². The number of pyridine rings is 1. The van der Waals surface area contributed by atoms with Crippen LogP contribution in [0.4, 0.5) is 0 Å². The zero-order chi connectivity index (χ0) is 13.8. The van der Waals surface area contributed by atoms with Crippen LogP contribution in [0.5, 0.6) is 0 Å². The molecule has 0 saturated carbocycles. The molecule has 1 amide bonds. The fourth-order valence-corrected chi connectivity index (χ4v) is 2.34. The zero-order valence-electron chi connectivity index (χ0n) is 12.0. The molecule has 2 heterocycles. The van der Waals surface area contributed by atoms with Gasteiger partial charge in [-0.1, -0.05) is 17.7 Å². The largest absolute Gasteiger partial charge is 0.348 e. The molecule has 2 aromatic rings. The molecule has 1 aromatic carbocycles. The number of benzene rings is 1. The van der Waals surface area contributed by atoms with E-state index in [-0.39, 0.29) is 30.7 Å². The Labute approximate surface area is 142 Å². The maximum absolute atomic E-state index is 12.2. The van der Waals surface area contributed by atoms with Crippen molar-refractivity contribution in [1.29, 1.82) is 0 Å². The highest BCUT2D eigenvalue weighted by Crippen LogP contribution is 2.13. The quantitative estimate of drug-likeness (QED) is 0.845. The van der Waals surface area contributed by atoms with E-state index in [0.717, 1.165) is 30.4 Å². The summed E-state index contributed by atoms with van der Waals surface area (Å²) in [5.74, 6) is -0.0322. The normalized spacial score (nSPS) is 13.5. The van der Waals surface area contributed by atoms with Gasteiger partial charge in [0.1, 0.15) is 0 Å².